The summed E-state index contributed by atoms with van der Waals surface area (Å²) in [6, 6.07) is 5.91. The maximum absolute atomic E-state index is 13.6. The van der Waals surface area contributed by atoms with Crippen LogP contribution in [0.4, 0.5) is 14.6 Å². The highest BCUT2D eigenvalue weighted by Gasteiger charge is 2.61. The van der Waals surface area contributed by atoms with Crippen molar-refractivity contribution in [3.05, 3.63) is 35.0 Å². The second kappa shape index (κ2) is 9.11. The van der Waals surface area contributed by atoms with Gasteiger partial charge in [-0.05, 0) is 92.6 Å². The molecule has 4 fully saturated rings. The lowest BCUT2D eigenvalue weighted by Gasteiger charge is -2.43. The molecule has 37 heavy (non-hydrogen) atoms. The molecule has 2 aromatic rings. The maximum atomic E-state index is 13.6. The van der Waals surface area contributed by atoms with Gasteiger partial charge in [-0.25, -0.2) is 13.8 Å². The van der Waals surface area contributed by atoms with Gasteiger partial charge in [-0.1, -0.05) is 11.6 Å². The molecule has 4 aliphatic rings. The highest BCUT2D eigenvalue weighted by Crippen LogP contribution is 2.63. The minimum absolute atomic E-state index is 0.120. The zero-order chi connectivity index (χ0) is 26.0. The third-order valence-electron chi connectivity index (χ3n) is 9.62. The number of nitrogens with zero attached hydrogens (tertiary/aromatic N) is 2. The Morgan fingerprint density at radius 2 is 1.89 bits per heavy atom. The number of ether oxygens (including phenoxy) is 1. The van der Waals surface area contributed by atoms with Crippen molar-refractivity contribution in [3.8, 4) is 0 Å². The number of anilines is 1. The van der Waals surface area contributed by atoms with Crippen LogP contribution in [-0.2, 0) is 9.53 Å². The van der Waals surface area contributed by atoms with Gasteiger partial charge in [0.2, 0.25) is 11.8 Å². The van der Waals surface area contributed by atoms with Crippen LogP contribution >= 0.6 is 11.6 Å². The molecule has 1 aromatic carbocycles. The van der Waals surface area contributed by atoms with E-state index in [9.17, 15) is 18.7 Å². The zero-order valence-corrected chi connectivity index (χ0v) is 21.9. The van der Waals surface area contributed by atoms with Gasteiger partial charge in [0.1, 0.15) is 5.82 Å². The predicted octanol–water partition coefficient (Wildman–Crippen LogP) is 5.37. The molecule has 0 bridgehead atoms. The Hall–Kier alpha value is -1.87. The minimum Gasteiger partial charge on any atom is -0.389 e. The Balaban J connectivity index is 1.13. The van der Waals surface area contributed by atoms with E-state index in [2.05, 4.69) is 28.2 Å². The van der Waals surface area contributed by atoms with Crippen LogP contribution in [0.25, 0.3) is 10.8 Å². The molecule has 2 saturated carbocycles. The van der Waals surface area contributed by atoms with Gasteiger partial charge in [0.15, 0.2) is 0 Å². The zero-order valence-electron chi connectivity index (χ0n) is 21.1. The van der Waals surface area contributed by atoms with Gasteiger partial charge in [0.25, 0.3) is 0 Å². The average Bonchev–Trinajstić information content (AvgIpc) is 3.49. The monoisotopic (exact) mass is 533 g/mol. The number of likely N-dealkylation sites (tertiary alicyclic amines) is 1. The second-order valence-corrected chi connectivity index (χ2v) is 12.3. The number of amides is 1. The van der Waals surface area contributed by atoms with E-state index in [1.54, 1.807) is 6.20 Å². The molecule has 1 spiro atoms. The normalized spacial score (nSPS) is 31.6. The summed E-state index contributed by atoms with van der Waals surface area (Å²) < 4.78 is 32.7. The van der Waals surface area contributed by atoms with Crippen molar-refractivity contribution in [2.24, 2.45) is 11.3 Å². The van der Waals surface area contributed by atoms with E-state index in [0.717, 1.165) is 42.3 Å². The number of alkyl halides is 2. The molecule has 200 valence electrons. The van der Waals surface area contributed by atoms with E-state index >= 15 is 0 Å². The van der Waals surface area contributed by atoms with Crippen molar-refractivity contribution in [3.63, 3.8) is 0 Å². The summed E-state index contributed by atoms with van der Waals surface area (Å²) in [5.74, 6) is -2.14. The first-order valence-corrected chi connectivity index (χ1v) is 13.8. The van der Waals surface area contributed by atoms with Gasteiger partial charge >= 0.3 is 0 Å². The number of pyridine rings is 1. The standard InChI is InChI=1S/C28H34ClF2N3O3/c1-26(16-37-15-23(26)35)34-8-2-17(3-9-34)20-10-18-12-24(32-14-19(18)11-22(20)29)33-25(36)21-13-27(21)4-6-28(30,31)7-5-27/h10-12,14,17,21,23,35H,2-9,13,15-16H2,1H3,(H,32,33,36)/t21-,23+,26-/m0/s1. The van der Waals surface area contributed by atoms with E-state index in [-0.39, 0.29) is 35.6 Å². The number of aromatic nitrogens is 1. The molecule has 2 N–H and O–H groups in total. The first-order valence-electron chi connectivity index (χ1n) is 13.4. The first kappa shape index (κ1) is 25.4. The summed E-state index contributed by atoms with van der Waals surface area (Å²) in [6.45, 7) is 4.73. The van der Waals surface area contributed by atoms with Crippen LogP contribution < -0.4 is 5.32 Å². The molecular weight excluding hydrogens is 500 g/mol. The van der Waals surface area contributed by atoms with Crippen molar-refractivity contribution in [1.82, 2.24) is 9.88 Å². The van der Waals surface area contributed by atoms with Gasteiger partial charge in [-0.15, -0.1) is 0 Å². The van der Waals surface area contributed by atoms with Crippen molar-refractivity contribution in [2.75, 3.05) is 31.6 Å². The number of aliphatic hydroxyl groups excluding tert-OH is 1. The molecule has 9 heteroatoms. The predicted molar refractivity (Wildman–Crippen MR) is 138 cm³/mol. The Kier molecular flexibility index (Phi) is 6.26. The summed E-state index contributed by atoms with van der Waals surface area (Å²) in [5, 5.41) is 15.9. The van der Waals surface area contributed by atoms with Crippen molar-refractivity contribution >= 4 is 34.1 Å². The quantitative estimate of drug-likeness (QED) is 0.552. The third kappa shape index (κ3) is 4.64. The molecule has 6 nitrogen and oxygen atoms in total. The smallest absolute Gasteiger partial charge is 0.248 e. The molecule has 2 saturated heterocycles. The fourth-order valence-electron chi connectivity index (χ4n) is 6.82. The SMILES string of the molecule is C[C@]1(N2CCC(c3cc4cc(NC(=O)[C@@H]5CC56CCC(F)(F)CC6)ncc4cc3Cl)CC2)COC[C@H]1O. The van der Waals surface area contributed by atoms with E-state index < -0.39 is 12.0 Å². The second-order valence-electron chi connectivity index (χ2n) is 11.9. The number of fused-ring (bicyclic) bond motifs is 1. The summed E-state index contributed by atoms with van der Waals surface area (Å²) >= 11 is 6.70. The maximum Gasteiger partial charge on any atom is 0.248 e. The van der Waals surface area contributed by atoms with Gasteiger partial charge in [-0.2, -0.15) is 0 Å². The Morgan fingerprint density at radius 1 is 1.16 bits per heavy atom. The average molecular weight is 534 g/mol. The fourth-order valence-corrected chi connectivity index (χ4v) is 7.15. The number of hydrogen-bond donors (Lipinski definition) is 2. The van der Waals surface area contributed by atoms with Crippen LogP contribution in [0.5, 0.6) is 0 Å². The lowest BCUT2D eigenvalue weighted by atomic mass is 9.82. The molecule has 3 heterocycles. The molecule has 6 rings (SSSR count). The van der Waals surface area contributed by atoms with E-state index in [1.165, 1.54) is 0 Å². The van der Waals surface area contributed by atoms with Crippen molar-refractivity contribution in [2.45, 2.75) is 75.4 Å². The lowest BCUT2D eigenvalue weighted by Crippen LogP contribution is -2.56. The molecule has 2 aliphatic heterocycles. The number of halogens is 3. The van der Waals surface area contributed by atoms with Gasteiger partial charge in [0, 0.05) is 35.4 Å². The van der Waals surface area contributed by atoms with Gasteiger partial charge in [0.05, 0.1) is 24.9 Å². The number of hydrogen-bond acceptors (Lipinski definition) is 5. The van der Waals surface area contributed by atoms with E-state index in [4.69, 9.17) is 16.3 Å². The summed E-state index contributed by atoms with van der Waals surface area (Å²) in [7, 11) is 0. The highest BCUT2D eigenvalue weighted by molar-refractivity contribution is 6.32. The van der Waals surface area contributed by atoms with Crippen LogP contribution in [0.3, 0.4) is 0 Å². The van der Waals surface area contributed by atoms with Gasteiger partial charge < -0.3 is 15.2 Å². The number of benzene rings is 1. The van der Waals surface area contributed by atoms with Gasteiger partial charge in [-0.3, -0.25) is 9.69 Å². The molecule has 2 aliphatic carbocycles. The Labute approximate surface area is 220 Å². The number of nitrogens with one attached hydrogen (secondary N) is 1. The number of carbonyl (C=O) groups excluding carboxylic acids is 1. The van der Waals surface area contributed by atoms with Crippen LogP contribution in [0.1, 0.15) is 63.4 Å². The molecule has 0 unspecified atom stereocenters. The number of carbonyl (C=O) groups is 1. The van der Waals surface area contributed by atoms with Crippen LogP contribution in [0, 0.1) is 11.3 Å². The van der Waals surface area contributed by atoms with Crippen molar-refractivity contribution in [1.29, 1.82) is 0 Å². The molecule has 1 amide bonds. The summed E-state index contributed by atoms with van der Waals surface area (Å²) in [4.78, 5) is 19.7. The van der Waals surface area contributed by atoms with Crippen molar-refractivity contribution < 1.29 is 23.4 Å². The minimum atomic E-state index is -2.59. The number of aliphatic hydroxyl groups is 1. The molecule has 0 radical (unpaired) electrons. The highest BCUT2D eigenvalue weighted by atomic mass is 35.5. The van der Waals surface area contributed by atoms with Crippen LogP contribution in [-0.4, -0.2) is 64.8 Å². The Bertz CT molecular complexity index is 1210. The molecule has 3 atom stereocenters. The topological polar surface area (TPSA) is 74.7 Å². The number of rotatable bonds is 4. The molecular formula is C28H34ClF2N3O3. The fraction of sp³-hybridized carbons (Fsp3) is 0.643. The summed E-state index contributed by atoms with van der Waals surface area (Å²) in [6.07, 6.45) is 4.37. The first-order chi connectivity index (χ1) is 17.6. The van der Waals surface area contributed by atoms with Crippen LogP contribution in [0.15, 0.2) is 24.4 Å². The Morgan fingerprint density at radius 3 is 2.57 bits per heavy atom. The lowest BCUT2D eigenvalue weighted by molar-refractivity contribution is -0.119. The third-order valence-corrected chi connectivity index (χ3v) is 9.94. The number of piperidine rings is 1. The largest absolute Gasteiger partial charge is 0.389 e. The van der Waals surface area contributed by atoms with E-state index in [0.29, 0.717) is 49.2 Å². The van der Waals surface area contributed by atoms with E-state index in [1.807, 2.05) is 12.1 Å². The summed E-state index contributed by atoms with van der Waals surface area (Å²) in [5.41, 5.74) is 0.501. The molecule has 1 aromatic heterocycles. The van der Waals surface area contributed by atoms with Crippen LogP contribution in [0.2, 0.25) is 5.02 Å².